The number of hydrogen-bond acceptors (Lipinski definition) is 5. The summed E-state index contributed by atoms with van der Waals surface area (Å²) in [5.74, 6) is -0.586. The molecule has 11 heteroatoms. The van der Waals surface area contributed by atoms with Gasteiger partial charge in [0.2, 0.25) is 0 Å². The van der Waals surface area contributed by atoms with Crippen molar-refractivity contribution in [3.8, 4) is 5.69 Å². The lowest BCUT2D eigenvalue weighted by Crippen LogP contribution is -2.39. The average Bonchev–Trinajstić information content (AvgIpc) is 3.13. The first-order chi connectivity index (χ1) is 13.8. The van der Waals surface area contributed by atoms with Gasteiger partial charge >= 0.3 is 6.18 Å². The lowest BCUT2D eigenvalue weighted by molar-refractivity contribution is -0.137. The predicted molar refractivity (Wildman–Crippen MR) is 96.6 cm³/mol. The highest BCUT2D eigenvalue weighted by Gasteiger charge is 2.37. The van der Waals surface area contributed by atoms with E-state index in [0.29, 0.717) is 17.8 Å². The molecule has 0 N–H and O–H groups in total. The fourth-order valence-electron chi connectivity index (χ4n) is 3.40. The van der Waals surface area contributed by atoms with Crippen LogP contribution in [0.2, 0.25) is 5.02 Å². The number of carbonyl (C=O) groups is 1. The number of nitrogens with zero attached hydrogens (tertiary/aromatic N) is 6. The van der Waals surface area contributed by atoms with E-state index in [4.69, 9.17) is 11.6 Å². The van der Waals surface area contributed by atoms with Crippen molar-refractivity contribution >= 4 is 17.5 Å². The van der Waals surface area contributed by atoms with Gasteiger partial charge < -0.3 is 4.90 Å². The lowest BCUT2D eigenvalue weighted by atomic mass is 10.0. The summed E-state index contributed by atoms with van der Waals surface area (Å²) in [5, 5.41) is 7.69. The van der Waals surface area contributed by atoms with Crippen LogP contribution >= 0.6 is 11.6 Å². The number of alkyl halides is 3. The summed E-state index contributed by atoms with van der Waals surface area (Å²) < 4.78 is 41.0. The van der Waals surface area contributed by atoms with Gasteiger partial charge in [0.1, 0.15) is 17.7 Å². The van der Waals surface area contributed by atoms with E-state index in [1.165, 1.54) is 23.4 Å². The summed E-state index contributed by atoms with van der Waals surface area (Å²) in [6, 6.07) is 2.83. The van der Waals surface area contributed by atoms with Gasteiger partial charge in [0.25, 0.3) is 5.91 Å². The Hall–Kier alpha value is -3.01. The molecular formula is C18H14ClF3N6O. The number of aromatic nitrogens is 5. The molecule has 1 aromatic carbocycles. The Balaban J connectivity index is 1.66. The van der Waals surface area contributed by atoms with Crippen molar-refractivity contribution in [3.63, 3.8) is 0 Å². The summed E-state index contributed by atoms with van der Waals surface area (Å²) in [7, 11) is 0. The van der Waals surface area contributed by atoms with E-state index in [9.17, 15) is 18.0 Å². The van der Waals surface area contributed by atoms with Crippen LogP contribution in [0.5, 0.6) is 0 Å². The quantitative estimate of drug-likeness (QED) is 0.632. The third-order valence-electron chi connectivity index (χ3n) is 4.83. The maximum absolute atomic E-state index is 13.1. The van der Waals surface area contributed by atoms with E-state index in [1.54, 1.807) is 24.0 Å². The molecule has 0 spiro atoms. The van der Waals surface area contributed by atoms with E-state index in [-0.39, 0.29) is 12.1 Å². The molecule has 29 heavy (non-hydrogen) atoms. The van der Waals surface area contributed by atoms with Gasteiger partial charge in [-0.1, -0.05) is 22.9 Å². The van der Waals surface area contributed by atoms with Crippen LogP contribution in [0.25, 0.3) is 5.69 Å². The Morgan fingerprint density at radius 2 is 1.97 bits per heavy atom. The number of hydrogen-bond donors (Lipinski definition) is 0. The molecule has 0 unspecified atom stereocenters. The Morgan fingerprint density at radius 3 is 2.66 bits per heavy atom. The Morgan fingerprint density at radius 1 is 1.24 bits per heavy atom. The van der Waals surface area contributed by atoms with Gasteiger partial charge in [-0.2, -0.15) is 13.2 Å². The molecule has 7 nitrogen and oxygen atoms in total. The zero-order chi connectivity index (χ0) is 20.8. The van der Waals surface area contributed by atoms with Gasteiger partial charge in [-0.15, -0.1) is 5.10 Å². The fraction of sp³-hybridized carbons (Fsp3) is 0.278. The van der Waals surface area contributed by atoms with Gasteiger partial charge in [-0.3, -0.25) is 4.79 Å². The van der Waals surface area contributed by atoms with Crippen molar-refractivity contribution in [2.24, 2.45) is 0 Å². The zero-order valence-corrected chi connectivity index (χ0v) is 15.8. The molecule has 0 saturated carbocycles. The average molecular weight is 423 g/mol. The Bertz CT molecular complexity index is 1070. The molecule has 3 heterocycles. The number of benzene rings is 1. The Kier molecular flexibility index (Phi) is 4.73. The molecule has 1 amide bonds. The third kappa shape index (κ3) is 3.33. The minimum absolute atomic E-state index is 0.194. The number of carbonyl (C=O) groups excluding carboxylic acids is 1. The first kappa shape index (κ1) is 19.3. The summed E-state index contributed by atoms with van der Waals surface area (Å²) in [6.45, 7) is 2.03. The summed E-state index contributed by atoms with van der Waals surface area (Å²) in [4.78, 5) is 22.4. The molecule has 4 rings (SSSR count). The molecule has 0 saturated heterocycles. The van der Waals surface area contributed by atoms with Crippen LogP contribution in [0.15, 0.2) is 36.9 Å². The molecule has 0 aliphatic carbocycles. The van der Waals surface area contributed by atoms with Crippen LogP contribution in [0, 0.1) is 0 Å². The van der Waals surface area contributed by atoms with Crippen LogP contribution in [0.3, 0.4) is 0 Å². The van der Waals surface area contributed by atoms with Crippen molar-refractivity contribution in [2.75, 3.05) is 6.54 Å². The van der Waals surface area contributed by atoms with E-state index in [2.05, 4.69) is 20.3 Å². The fourth-order valence-corrected chi connectivity index (χ4v) is 3.71. The molecule has 150 valence electrons. The van der Waals surface area contributed by atoms with Gasteiger partial charge in [0.15, 0.2) is 0 Å². The number of fused-ring (bicyclic) bond motifs is 1. The summed E-state index contributed by atoms with van der Waals surface area (Å²) in [6.07, 6.45) is 0.353. The van der Waals surface area contributed by atoms with Crippen molar-refractivity contribution in [3.05, 3.63) is 64.5 Å². The van der Waals surface area contributed by atoms with Gasteiger partial charge in [-0.25, -0.2) is 14.6 Å². The second-order valence-corrected chi connectivity index (χ2v) is 6.90. The molecule has 3 aromatic rings. The third-order valence-corrected chi connectivity index (χ3v) is 5.24. The number of amides is 1. The molecule has 1 aliphatic rings. The van der Waals surface area contributed by atoms with E-state index in [0.717, 1.165) is 11.8 Å². The first-order valence-electron chi connectivity index (χ1n) is 8.65. The molecule has 1 aliphatic heterocycles. The zero-order valence-electron chi connectivity index (χ0n) is 15.1. The maximum atomic E-state index is 13.1. The SMILES string of the molecule is C[C@H]1c2nnn(-c3cncnc3)c2CCN1C(=O)c1cccc(C(F)(F)F)c1Cl. The highest BCUT2D eigenvalue weighted by Crippen LogP contribution is 2.38. The van der Waals surface area contributed by atoms with Gasteiger partial charge in [-0.05, 0) is 19.1 Å². The van der Waals surface area contributed by atoms with Crippen LogP contribution in [0.1, 0.15) is 40.3 Å². The lowest BCUT2D eigenvalue weighted by Gasteiger charge is -2.33. The summed E-state index contributed by atoms with van der Waals surface area (Å²) >= 11 is 5.93. The summed E-state index contributed by atoms with van der Waals surface area (Å²) in [5.41, 5.74) is 0.767. The minimum atomic E-state index is -4.64. The number of rotatable bonds is 2. The Labute approximate surface area is 168 Å². The van der Waals surface area contributed by atoms with Crippen LogP contribution in [0.4, 0.5) is 13.2 Å². The second kappa shape index (κ2) is 7.11. The van der Waals surface area contributed by atoms with Crippen molar-refractivity contribution in [2.45, 2.75) is 25.6 Å². The van der Waals surface area contributed by atoms with Crippen LogP contribution < -0.4 is 0 Å². The van der Waals surface area contributed by atoms with E-state index in [1.807, 2.05) is 0 Å². The molecular weight excluding hydrogens is 409 g/mol. The highest BCUT2D eigenvalue weighted by atomic mass is 35.5. The maximum Gasteiger partial charge on any atom is 0.417 e. The highest BCUT2D eigenvalue weighted by molar-refractivity contribution is 6.34. The van der Waals surface area contributed by atoms with Crippen LogP contribution in [-0.2, 0) is 12.6 Å². The van der Waals surface area contributed by atoms with Crippen LogP contribution in [-0.4, -0.2) is 42.3 Å². The predicted octanol–water partition coefficient (Wildman–Crippen LogP) is 3.49. The molecule has 0 fully saturated rings. The molecule has 2 aromatic heterocycles. The number of halogens is 4. The van der Waals surface area contributed by atoms with Gasteiger partial charge in [0, 0.05) is 13.0 Å². The minimum Gasteiger partial charge on any atom is -0.330 e. The molecule has 0 bridgehead atoms. The molecule has 0 radical (unpaired) electrons. The largest absolute Gasteiger partial charge is 0.417 e. The van der Waals surface area contributed by atoms with E-state index < -0.39 is 28.7 Å². The van der Waals surface area contributed by atoms with Crippen molar-refractivity contribution < 1.29 is 18.0 Å². The topological polar surface area (TPSA) is 76.8 Å². The normalized spacial score (nSPS) is 16.6. The van der Waals surface area contributed by atoms with E-state index >= 15 is 0 Å². The second-order valence-electron chi connectivity index (χ2n) is 6.52. The van der Waals surface area contributed by atoms with Gasteiger partial charge in [0.05, 0.1) is 40.3 Å². The smallest absolute Gasteiger partial charge is 0.330 e. The van der Waals surface area contributed by atoms with Crippen molar-refractivity contribution in [1.82, 2.24) is 29.9 Å². The first-order valence-corrected chi connectivity index (χ1v) is 9.03. The standard InChI is InChI=1S/C18H14ClF3N6O/c1-10-16-14(28(26-25-16)11-7-23-9-24-8-11)5-6-27(10)17(29)12-3-2-4-13(15(12)19)18(20,21)22/h2-4,7-10H,5-6H2,1H3/t10-/m0/s1. The van der Waals surface area contributed by atoms with Crippen molar-refractivity contribution in [1.29, 1.82) is 0 Å². The molecule has 1 atom stereocenters. The monoisotopic (exact) mass is 422 g/mol.